The number of hydrazine groups is 1. The van der Waals surface area contributed by atoms with E-state index in [1.54, 1.807) is 12.1 Å². The fourth-order valence-electron chi connectivity index (χ4n) is 1.77. The second-order valence-electron chi connectivity index (χ2n) is 3.84. The number of carbonyl (C=O) groups excluding carboxylic acids is 1. The van der Waals surface area contributed by atoms with Crippen LogP contribution in [0.3, 0.4) is 0 Å². The third-order valence-electron chi connectivity index (χ3n) is 2.65. The molecule has 1 aromatic carbocycles. The largest absolute Gasteiger partial charge is 0.497 e. The van der Waals surface area contributed by atoms with Gasteiger partial charge in [-0.2, -0.15) is 0 Å². The van der Waals surface area contributed by atoms with E-state index in [9.17, 15) is 4.79 Å². The summed E-state index contributed by atoms with van der Waals surface area (Å²) in [7, 11) is 1.64. The Labute approximate surface area is 95.2 Å². The van der Waals surface area contributed by atoms with Crippen LogP contribution in [0, 0.1) is 0 Å². The van der Waals surface area contributed by atoms with Gasteiger partial charge in [-0.3, -0.25) is 9.80 Å². The average molecular weight is 220 g/mol. The van der Waals surface area contributed by atoms with Gasteiger partial charge in [0.1, 0.15) is 5.75 Å². The van der Waals surface area contributed by atoms with Gasteiger partial charge in [-0.15, -0.1) is 0 Å². The van der Waals surface area contributed by atoms with Crippen LogP contribution in [0.1, 0.15) is 18.4 Å². The van der Waals surface area contributed by atoms with Crippen molar-refractivity contribution in [1.29, 1.82) is 0 Å². The lowest BCUT2D eigenvalue weighted by molar-refractivity contribution is -0.137. The van der Waals surface area contributed by atoms with E-state index in [0.29, 0.717) is 13.0 Å². The Balaban J connectivity index is 2.04. The van der Waals surface area contributed by atoms with E-state index in [1.807, 2.05) is 24.3 Å². The number of amides is 1. The van der Waals surface area contributed by atoms with Gasteiger partial charge in [0.05, 0.1) is 13.7 Å². The molecule has 1 aliphatic rings. The molecule has 1 heterocycles. The summed E-state index contributed by atoms with van der Waals surface area (Å²) in [6.07, 6.45) is 1.56. The van der Waals surface area contributed by atoms with Gasteiger partial charge < -0.3 is 4.74 Å². The molecule has 0 bridgehead atoms. The van der Waals surface area contributed by atoms with Crippen molar-refractivity contribution in [3.05, 3.63) is 29.8 Å². The first kappa shape index (κ1) is 11.0. The molecule has 0 unspecified atom stereocenters. The van der Waals surface area contributed by atoms with Gasteiger partial charge in [0, 0.05) is 13.0 Å². The highest BCUT2D eigenvalue weighted by Gasteiger charge is 2.17. The topological polar surface area (TPSA) is 41.6 Å². The number of nitrogens with zero attached hydrogens (tertiary/aromatic N) is 1. The number of rotatable bonds is 3. The second kappa shape index (κ2) is 4.99. The van der Waals surface area contributed by atoms with E-state index in [-0.39, 0.29) is 5.91 Å². The molecule has 1 amide bonds. The minimum atomic E-state index is 0.161. The maximum atomic E-state index is 11.6. The molecule has 0 radical (unpaired) electrons. The molecule has 0 aromatic heterocycles. The van der Waals surface area contributed by atoms with Crippen molar-refractivity contribution in [3.8, 4) is 5.75 Å². The molecular formula is C12H16N2O2. The molecule has 1 N–H and O–H groups in total. The Bertz CT molecular complexity index is 379. The Morgan fingerprint density at radius 1 is 1.50 bits per heavy atom. The van der Waals surface area contributed by atoms with Crippen LogP contribution in [-0.4, -0.2) is 24.6 Å². The van der Waals surface area contributed by atoms with Crippen LogP contribution in [0.15, 0.2) is 24.3 Å². The summed E-state index contributed by atoms with van der Waals surface area (Å²) >= 11 is 0. The molecule has 16 heavy (non-hydrogen) atoms. The second-order valence-corrected chi connectivity index (χ2v) is 3.84. The number of benzene rings is 1. The van der Waals surface area contributed by atoms with Crippen LogP contribution in [0.2, 0.25) is 0 Å². The highest BCUT2D eigenvalue weighted by molar-refractivity contribution is 5.76. The van der Waals surface area contributed by atoms with Crippen LogP contribution >= 0.6 is 0 Å². The summed E-state index contributed by atoms with van der Waals surface area (Å²) in [5, 5.41) is 1.68. The third kappa shape index (κ3) is 2.52. The van der Waals surface area contributed by atoms with Gasteiger partial charge >= 0.3 is 0 Å². The summed E-state index contributed by atoms with van der Waals surface area (Å²) in [4.78, 5) is 11.6. The van der Waals surface area contributed by atoms with Gasteiger partial charge in [-0.05, 0) is 24.1 Å². The van der Waals surface area contributed by atoms with Crippen molar-refractivity contribution < 1.29 is 9.53 Å². The number of carbonyl (C=O) groups is 1. The van der Waals surface area contributed by atoms with Crippen LogP contribution in [0.5, 0.6) is 5.75 Å². The standard InChI is InChI=1S/C12H16N2O2/c1-16-11-5-2-4-10(8-11)9-14-12(15)6-3-7-13-14/h2,4-5,8,13H,3,6-7,9H2,1H3. The fourth-order valence-corrected chi connectivity index (χ4v) is 1.77. The summed E-state index contributed by atoms with van der Waals surface area (Å²) in [5.74, 6) is 0.982. The smallest absolute Gasteiger partial charge is 0.237 e. The van der Waals surface area contributed by atoms with E-state index in [2.05, 4.69) is 5.43 Å². The Morgan fingerprint density at radius 2 is 2.38 bits per heavy atom. The molecule has 1 saturated heterocycles. The quantitative estimate of drug-likeness (QED) is 0.835. The lowest BCUT2D eigenvalue weighted by Crippen LogP contribution is -2.46. The molecule has 4 nitrogen and oxygen atoms in total. The maximum Gasteiger partial charge on any atom is 0.237 e. The lowest BCUT2D eigenvalue weighted by Gasteiger charge is -2.27. The van der Waals surface area contributed by atoms with Crippen molar-refractivity contribution in [2.75, 3.05) is 13.7 Å². The minimum Gasteiger partial charge on any atom is -0.497 e. The fraction of sp³-hybridized carbons (Fsp3) is 0.417. The van der Waals surface area contributed by atoms with E-state index < -0.39 is 0 Å². The van der Waals surface area contributed by atoms with E-state index in [4.69, 9.17) is 4.74 Å². The third-order valence-corrected chi connectivity index (χ3v) is 2.65. The Hall–Kier alpha value is -1.55. The normalized spacial score (nSPS) is 16.3. The molecule has 1 aliphatic heterocycles. The predicted octanol–water partition coefficient (Wildman–Crippen LogP) is 1.32. The average Bonchev–Trinajstić information content (AvgIpc) is 2.32. The molecule has 0 aliphatic carbocycles. The summed E-state index contributed by atoms with van der Waals surface area (Å²) in [6, 6.07) is 7.77. The highest BCUT2D eigenvalue weighted by atomic mass is 16.5. The molecule has 0 spiro atoms. The zero-order chi connectivity index (χ0) is 11.4. The van der Waals surface area contributed by atoms with Crippen LogP contribution in [-0.2, 0) is 11.3 Å². The molecule has 0 atom stereocenters. The van der Waals surface area contributed by atoms with Gasteiger partial charge in [0.25, 0.3) is 0 Å². The van der Waals surface area contributed by atoms with Crippen LogP contribution in [0.4, 0.5) is 0 Å². The first-order valence-electron chi connectivity index (χ1n) is 5.46. The minimum absolute atomic E-state index is 0.161. The van der Waals surface area contributed by atoms with E-state index >= 15 is 0 Å². The number of hydrogen-bond donors (Lipinski definition) is 1. The molecule has 0 saturated carbocycles. The highest BCUT2D eigenvalue weighted by Crippen LogP contribution is 2.15. The molecule has 1 aromatic rings. The van der Waals surface area contributed by atoms with Crippen molar-refractivity contribution in [3.63, 3.8) is 0 Å². The van der Waals surface area contributed by atoms with Crippen LogP contribution < -0.4 is 10.2 Å². The molecule has 1 fully saturated rings. The number of nitrogens with one attached hydrogen (secondary N) is 1. The van der Waals surface area contributed by atoms with Crippen molar-refractivity contribution in [2.24, 2.45) is 0 Å². The summed E-state index contributed by atoms with van der Waals surface area (Å²) < 4.78 is 5.15. The summed E-state index contributed by atoms with van der Waals surface area (Å²) in [5.41, 5.74) is 4.17. The molecule has 4 heteroatoms. The summed E-state index contributed by atoms with van der Waals surface area (Å²) in [6.45, 7) is 1.46. The van der Waals surface area contributed by atoms with Gasteiger partial charge in [-0.1, -0.05) is 12.1 Å². The van der Waals surface area contributed by atoms with Gasteiger partial charge in [0.2, 0.25) is 5.91 Å². The molecular weight excluding hydrogens is 204 g/mol. The molecule has 2 rings (SSSR count). The van der Waals surface area contributed by atoms with Crippen molar-refractivity contribution >= 4 is 5.91 Å². The first-order valence-corrected chi connectivity index (χ1v) is 5.46. The Kier molecular flexibility index (Phi) is 3.41. The number of methoxy groups -OCH3 is 1. The zero-order valence-electron chi connectivity index (χ0n) is 9.40. The zero-order valence-corrected chi connectivity index (χ0v) is 9.40. The SMILES string of the molecule is COc1cccc(CN2NCCCC2=O)c1. The van der Waals surface area contributed by atoms with Crippen molar-refractivity contribution in [2.45, 2.75) is 19.4 Å². The van der Waals surface area contributed by atoms with Gasteiger partial charge in [0.15, 0.2) is 0 Å². The van der Waals surface area contributed by atoms with Gasteiger partial charge in [-0.25, -0.2) is 5.43 Å². The number of hydrogen-bond acceptors (Lipinski definition) is 3. The lowest BCUT2D eigenvalue weighted by atomic mass is 10.2. The van der Waals surface area contributed by atoms with E-state index in [1.165, 1.54) is 0 Å². The Morgan fingerprint density at radius 3 is 3.12 bits per heavy atom. The van der Waals surface area contributed by atoms with E-state index in [0.717, 1.165) is 24.3 Å². The monoisotopic (exact) mass is 220 g/mol. The van der Waals surface area contributed by atoms with Crippen LogP contribution in [0.25, 0.3) is 0 Å². The maximum absolute atomic E-state index is 11.6. The van der Waals surface area contributed by atoms with Crippen molar-refractivity contribution in [1.82, 2.24) is 10.4 Å². The number of ether oxygens (including phenoxy) is 1. The predicted molar refractivity (Wildman–Crippen MR) is 60.8 cm³/mol. The molecule has 86 valence electrons. The first-order chi connectivity index (χ1) is 7.79.